The Morgan fingerprint density at radius 1 is 0.781 bits per heavy atom. The van der Waals surface area contributed by atoms with E-state index in [1.165, 1.54) is 0 Å². The third kappa shape index (κ3) is 3.19. The molecule has 0 aliphatic rings. The Hall–Kier alpha value is -3.82. The van der Waals surface area contributed by atoms with Gasteiger partial charge in [0.2, 0.25) is 0 Å². The van der Waals surface area contributed by atoms with Gasteiger partial charge in [0, 0.05) is 22.0 Å². The molecule has 0 radical (unpaired) electrons. The molecule has 0 fully saturated rings. The van der Waals surface area contributed by atoms with Crippen LogP contribution in [-0.4, -0.2) is 17.2 Å². The van der Waals surface area contributed by atoms with E-state index in [-0.39, 0.29) is 0 Å². The Morgan fingerprint density at radius 3 is 2.16 bits per heavy atom. The van der Waals surface area contributed by atoms with Crippen molar-refractivity contribution in [3.63, 3.8) is 0 Å². The van der Waals surface area contributed by atoms with Crippen molar-refractivity contribution in [2.24, 2.45) is 0 Å². The fourth-order valence-corrected chi connectivity index (χ4v) is 4.54. The number of hydrogen-bond acceptors (Lipinski definition) is 2. The maximum atomic E-state index is 12.6. The zero-order valence-corrected chi connectivity index (χ0v) is 18.2. The Balaban J connectivity index is 1.92. The van der Waals surface area contributed by atoms with E-state index in [9.17, 15) is 5.11 Å². The molecule has 5 rings (SSSR count). The fraction of sp³-hybridized carbons (Fsp3) is 0.103. The number of para-hydroxylation sites is 1. The molecule has 1 atom stereocenters. The van der Waals surface area contributed by atoms with Crippen LogP contribution in [-0.2, 0) is 5.60 Å². The Morgan fingerprint density at radius 2 is 1.44 bits per heavy atom. The molecule has 5 aromatic rings. The summed E-state index contributed by atoms with van der Waals surface area (Å²) in [6.07, 6.45) is 0. The third-order valence-electron chi connectivity index (χ3n) is 6.07. The normalized spacial score (nSPS) is 13.1. The van der Waals surface area contributed by atoms with Gasteiger partial charge < -0.3 is 14.8 Å². The highest BCUT2D eigenvalue weighted by molar-refractivity contribution is 5.98. The molecule has 4 aromatic carbocycles. The smallest absolute Gasteiger partial charge is 0.159 e. The zero-order valence-electron chi connectivity index (χ0n) is 18.2. The number of nitrogens with one attached hydrogen (secondary N) is 1. The van der Waals surface area contributed by atoms with E-state index >= 15 is 0 Å². The lowest BCUT2D eigenvalue weighted by Crippen LogP contribution is -2.30. The second-order valence-corrected chi connectivity index (χ2v) is 8.07. The van der Waals surface area contributed by atoms with Gasteiger partial charge in [0.1, 0.15) is 5.75 Å². The van der Waals surface area contributed by atoms with E-state index in [1.807, 2.05) is 72.8 Å². The summed E-state index contributed by atoms with van der Waals surface area (Å²) in [5.41, 5.74) is 4.90. The highest BCUT2D eigenvalue weighted by atomic mass is 16.5. The first-order valence-electron chi connectivity index (χ1n) is 10.7. The van der Waals surface area contributed by atoms with Gasteiger partial charge >= 0.3 is 0 Å². The Labute approximate surface area is 187 Å². The van der Waals surface area contributed by atoms with E-state index in [0.29, 0.717) is 11.3 Å². The van der Waals surface area contributed by atoms with Gasteiger partial charge in [-0.05, 0) is 35.7 Å². The number of H-pyrrole nitrogens is 1. The minimum atomic E-state index is -1.45. The lowest BCUT2D eigenvalue weighted by Gasteiger charge is -2.31. The molecule has 3 heteroatoms. The Bertz CT molecular complexity index is 1370. The summed E-state index contributed by atoms with van der Waals surface area (Å²) in [5, 5.41) is 13.7. The van der Waals surface area contributed by atoms with Crippen LogP contribution in [0.15, 0.2) is 103 Å². The molecule has 0 amide bonds. The average Bonchev–Trinajstić information content (AvgIpc) is 3.23. The van der Waals surface area contributed by atoms with Crippen molar-refractivity contribution in [3.8, 4) is 16.9 Å². The molecule has 1 heterocycles. The molecule has 0 aliphatic carbocycles. The quantitative estimate of drug-likeness (QED) is 0.344. The second kappa shape index (κ2) is 8.03. The molecule has 0 bridgehead atoms. The monoisotopic (exact) mass is 419 g/mol. The molecule has 0 aliphatic heterocycles. The largest absolute Gasteiger partial charge is 0.496 e. The topological polar surface area (TPSA) is 45.2 Å². The van der Waals surface area contributed by atoms with Crippen molar-refractivity contribution >= 4 is 10.9 Å². The molecule has 2 N–H and O–H groups in total. The van der Waals surface area contributed by atoms with Gasteiger partial charge in [-0.15, -0.1) is 0 Å². The fourth-order valence-electron chi connectivity index (χ4n) is 4.54. The van der Waals surface area contributed by atoms with Crippen LogP contribution in [0.4, 0.5) is 0 Å². The number of rotatable bonds is 5. The summed E-state index contributed by atoms with van der Waals surface area (Å²) in [6, 6.07) is 34.0. The first-order valence-corrected chi connectivity index (χ1v) is 10.7. The van der Waals surface area contributed by atoms with Crippen molar-refractivity contribution in [1.29, 1.82) is 0 Å². The predicted octanol–water partition coefficient (Wildman–Crippen LogP) is 6.44. The second-order valence-electron chi connectivity index (χ2n) is 8.07. The van der Waals surface area contributed by atoms with Crippen LogP contribution < -0.4 is 4.74 Å². The van der Waals surface area contributed by atoms with Gasteiger partial charge in [0.15, 0.2) is 5.60 Å². The van der Waals surface area contributed by atoms with Gasteiger partial charge in [-0.2, -0.15) is 0 Å². The average molecular weight is 420 g/mol. The maximum absolute atomic E-state index is 12.6. The number of aromatic nitrogens is 1. The number of aryl methyl sites for hydroxylation is 1. The molecule has 158 valence electrons. The standard InChI is InChI=1S/C29H25NO2/c1-20-17-18-23-25(19-20)30-28(27(23)21-11-5-3-6-12-21)29(31,22-13-7-4-8-14-22)24-15-9-10-16-26(24)32-2/h3-19,30-31H,1-2H3. The first-order chi connectivity index (χ1) is 15.6. The number of hydrogen-bond donors (Lipinski definition) is 2. The van der Waals surface area contributed by atoms with Crippen LogP contribution in [0.25, 0.3) is 22.0 Å². The summed E-state index contributed by atoms with van der Waals surface area (Å²) in [4.78, 5) is 3.59. The highest BCUT2D eigenvalue weighted by Gasteiger charge is 2.40. The van der Waals surface area contributed by atoms with E-state index in [1.54, 1.807) is 7.11 Å². The van der Waals surface area contributed by atoms with E-state index in [0.717, 1.165) is 38.9 Å². The van der Waals surface area contributed by atoms with Crippen LogP contribution in [0, 0.1) is 6.92 Å². The van der Waals surface area contributed by atoms with Crippen LogP contribution in [0.2, 0.25) is 0 Å². The van der Waals surface area contributed by atoms with Gasteiger partial charge in [-0.25, -0.2) is 0 Å². The number of aromatic amines is 1. The number of methoxy groups -OCH3 is 1. The van der Waals surface area contributed by atoms with Crippen molar-refractivity contribution in [2.45, 2.75) is 12.5 Å². The van der Waals surface area contributed by atoms with E-state index in [2.05, 4.69) is 42.2 Å². The lowest BCUT2D eigenvalue weighted by atomic mass is 9.80. The number of fused-ring (bicyclic) bond motifs is 1. The van der Waals surface area contributed by atoms with E-state index in [4.69, 9.17) is 4.74 Å². The number of aliphatic hydroxyl groups is 1. The van der Waals surface area contributed by atoms with Gasteiger partial charge in [-0.3, -0.25) is 0 Å². The van der Waals surface area contributed by atoms with Crippen LogP contribution in [0.1, 0.15) is 22.4 Å². The highest BCUT2D eigenvalue weighted by Crippen LogP contribution is 2.46. The molecule has 32 heavy (non-hydrogen) atoms. The van der Waals surface area contributed by atoms with Crippen molar-refractivity contribution in [2.75, 3.05) is 7.11 Å². The number of benzene rings is 4. The predicted molar refractivity (Wildman–Crippen MR) is 130 cm³/mol. The molecule has 1 aromatic heterocycles. The van der Waals surface area contributed by atoms with Crippen molar-refractivity contribution in [3.05, 3.63) is 126 Å². The minimum Gasteiger partial charge on any atom is -0.496 e. The van der Waals surface area contributed by atoms with Gasteiger partial charge in [-0.1, -0.05) is 91.0 Å². The van der Waals surface area contributed by atoms with Gasteiger partial charge in [0.25, 0.3) is 0 Å². The van der Waals surface area contributed by atoms with Crippen LogP contribution in [0.5, 0.6) is 5.75 Å². The zero-order chi connectivity index (χ0) is 22.1. The van der Waals surface area contributed by atoms with Crippen LogP contribution in [0.3, 0.4) is 0 Å². The van der Waals surface area contributed by atoms with Crippen molar-refractivity contribution < 1.29 is 9.84 Å². The molecule has 1 unspecified atom stereocenters. The SMILES string of the molecule is COc1ccccc1C(O)(c1ccccc1)c1[nH]c2cc(C)ccc2c1-c1ccccc1. The van der Waals surface area contributed by atoms with Crippen molar-refractivity contribution in [1.82, 2.24) is 4.98 Å². The molecular formula is C29H25NO2. The Kier molecular flexibility index (Phi) is 5.04. The molecule has 0 saturated carbocycles. The van der Waals surface area contributed by atoms with Gasteiger partial charge in [0.05, 0.1) is 12.8 Å². The summed E-state index contributed by atoms with van der Waals surface area (Å²) in [5.74, 6) is 0.632. The van der Waals surface area contributed by atoms with Crippen LogP contribution >= 0.6 is 0 Å². The minimum absolute atomic E-state index is 0.632. The molecule has 3 nitrogen and oxygen atoms in total. The third-order valence-corrected chi connectivity index (χ3v) is 6.07. The van der Waals surface area contributed by atoms with E-state index < -0.39 is 5.60 Å². The lowest BCUT2D eigenvalue weighted by molar-refractivity contribution is 0.119. The summed E-state index contributed by atoms with van der Waals surface area (Å²) >= 11 is 0. The summed E-state index contributed by atoms with van der Waals surface area (Å²) in [6.45, 7) is 2.08. The number of ether oxygens (including phenoxy) is 1. The molecular weight excluding hydrogens is 394 g/mol. The molecule has 0 spiro atoms. The maximum Gasteiger partial charge on any atom is 0.159 e. The summed E-state index contributed by atoms with van der Waals surface area (Å²) < 4.78 is 5.70. The summed E-state index contributed by atoms with van der Waals surface area (Å²) in [7, 11) is 1.64. The molecule has 0 saturated heterocycles. The first kappa shape index (κ1) is 20.1.